The summed E-state index contributed by atoms with van der Waals surface area (Å²) in [4.78, 5) is 0. The van der Waals surface area contributed by atoms with Crippen molar-refractivity contribution in [3.05, 3.63) is 34.9 Å². The highest BCUT2D eigenvalue weighted by Gasteiger charge is 2.23. The molecule has 1 aliphatic rings. The Morgan fingerprint density at radius 2 is 2.33 bits per heavy atom. The lowest BCUT2D eigenvalue weighted by atomic mass is 9.91. The molecule has 2 rings (SSSR count). The molecule has 1 saturated heterocycles. The molecule has 1 fully saturated rings. The van der Waals surface area contributed by atoms with Crippen LogP contribution in [-0.2, 0) is 4.74 Å². The van der Waals surface area contributed by atoms with Gasteiger partial charge in [0.05, 0.1) is 12.7 Å². The first-order valence-electron chi connectivity index (χ1n) is 5.28. The minimum absolute atomic E-state index is 0.206. The van der Waals surface area contributed by atoms with Gasteiger partial charge in [-0.15, -0.1) is 0 Å². The summed E-state index contributed by atoms with van der Waals surface area (Å²) in [5.74, 6) is 0.206. The van der Waals surface area contributed by atoms with Crippen molar-refractivity contribution >= 4 is 11.6 Å². The van der Waals surface area contributed by atoms with Crippen LogP contribution in [0, 0.1) is 5.92 Å². The zero-order valence-corrected chi connectivity index (χ0v) is 9.28. The molecule has 1 aromatic carbocycles. The lowest BCUT2D eigenvalue weighted by molar-refractivity contribution is -0.00996. The van der Waals surface area contributed by atoms with Gasteiger partial charge in [-0.3, -0.25) is 0 Å². The van der Waals surface area contributed by atoms with Crippen LogP contribution in [0.1, 0.15) is 24.5 Å². The normalized spacial score (nSPS) is 23.7. The molecule has 0 saturated carbocycles. The average Bonchev–Trinajstić information content (AvgIpc) is 2.29. The van der Waals surface area contributed by atoms with Crippen LogP contribution >= 0.6 is 11.6 Å². The largest absolute Gasteiger partial charge is 0.388 e. The summed E-state index contributed by atoms with van der Waals surface area (Å²) in [6, 6.07) is 7.41. The molecule has 0 spiro atoms. The van der Waals surface area contributed by atoms with Gasteiger partial charge < -0.3 is 9.84 Å². The molecule has 82 valence electrons. The Labute approximate surface area is 94.8 Å². The van der Waals surface area contributed by atoms with Crippen LogP contribution in [0.4, 0.5) is 0 Å². The van der Waals surface area contributed by atoms with Crippen LogP contribution in [0.2, 0.25) is 5.02 Å². The number of aliphatic hydroxyl groups is 1. The maximum atomic E-state index is 10.1. The van der Waals surface area contributed by atoms with E-state index in [0.717, 1.165) is 25.0 Å². The first-order chi connectivity index (χ1) is 7.27. The summed E-state index contributed by atoms with van der Waals surface area (Å²) in [5.41, 5.74) is 0.887. The molecular formula is C12H15ClO2. The molecule has 0 aromatic heterocycles. The summed E-state index contributed by atoms with van der Waals surface area (Å²) < 4.78 is 5.36. The van der Waals surface area contributed by atoms with Gasteiger partial charge in [0.1, 0.15) is 0 Å². The van der Waals surface area contributed by atoms with Crippen molar-refractivity contribution < 1.29 is 9.84 Å². The van der Waals surface area contributed by atoms with Gasteiger partial charge in [0.2, 0.25) is 0 Å². The standard InChI is InChI=1S/C12H15ClO2/c13-11-5-1-3-9(7-11)12(14)10-4-2-6-15-8-10/h1,3,5,7,10,12,14H,2,4,6,8H2. The molecule has 1 N–H and O–H groups in total. The predicted octanol–water partition coefficient (Wildman–Crippen LogP) is 2.80. The first-order valence-corrected chi connectivity index (χ1v) is 5.66. The summed E-state index contributed by atoms with van der Waals surface area (Å²) in [6.45, 7) is 1.46. The molecular weight excluding hydrogens is 212 g/mol. The number of halogens is 1. The van der Waals surface area contributed by atoms with Crippen LogP contribution in [0.5, 0.6) is 0 Å². The average molecular weight is 227 g/mol. The fraction of sp³-hybridized carbons (Fsp3) is 0.500. The van der Waals surface area contributed by atoms with Crippen LogP contribution in [-0.4, -0.2) is 18.3 Å². The molecule has 1 aromatic rings. The van der Waals surface area contributed by atoms with Crippen molar-refractivity contribution in [3.63, 3.8) is 0 Å². The van der Waals surface area contributed by atoms with Crippen molar-refractivity contribution in [2.45, 2.75) is 18.9 Å². The second-order valence-electron chi connectivity index (χ2n) is 3.98. The van der Waals surface area contributed by atoms with Crippen LogP contribution in [0.15, 0.2) is 24.3 Å². The number of ether oxygens (including phenoxy) is 1. The Balaban J connectivity index is 2.08. The smallest absolute Gasteiger partial charge is 0.0840 e. The summed E-state index contributed by atoms with van der Waals surface area (Å²) in [5, 5.41) is 10.8. The van der Waals surface area contributed by atoms with Crippen LogP contribution < -0.4 is 0 Å². The van der Waals surface area contributed by atoms with Crippen LogP contribution in [0.3, 0.4) is 0 Å². The maximum Gasteiger partial charge on any atom is 0.0840 e. The Kier molecular flexibility index (Phi) is 3.62. The van der Waals surface area contributed by atoms with Gasteiger partial charge >= 0.3 is 0 Å². The van der Waals surface area contributed by atoms with E-state index >= 15 is 0 Å². The quantitative estimate of drug-likeness (QED) is 0.841. The molecule has 0 aliphatic carbocycles. The van der Waals surface area contributed by atoms with E-state index < -0.39 is 6.10 Å². The van der Waals surface area contributed by atoms with Crippen molar-refractivity contribution in [3.8, 4) is 0 Å². The van der Waals surface area contributed by atoms with Gasteiger partial charge in [-0.25, -0.2) is 0 Å². The van der Waals surface area contributed by atoms with Gasteiger partial charge in [0, 0.05) is 17.5 Å². The van der Waals surface area contributed by atoms with Gasteiger partial charge in [0.15, 0.2) is 0 Å². The van der Waals surface area contributed by atoms with E-state index in [2.05, 4.69) is 0 Å². The fourth-order valence-corrected chi connectivity index (χ4v) is 2.18. The molecule has 2 atom stereocenters. The number of hydrogen-bond acceptors (Lipinski definition) is 2. The van der Waals surface area contributed by atoms with E-state index in [4.69, 9.17) is 16.3 Å². The number of hydrogen-bond donors (Lipinski definition) is 1. The zero-order chi connectivity index (χ0) is 10.7. The summed E-state index contributed by atoms with van der Waals surface area (Å²) in [7, 11) is 0. The molecule has 0 bridgehead atoms. The topological polar surface area (TPSA) is 29.5 Å². The Morgan fingerprint density at radius 3 is 3.00 bits per heavy atom. The van der Waals surface area contributed by atoms with E-state index in [0.29, 0.717) is 11.6 Å². The highest BCUT2D eigenvalue weighted by molar-refractivity contribution is 6.30. The third kappa shape index (κ3) is 2.71. The van der Waals surface area contributed by atoms with Crippen LogP contribution in [0.25, 0.3) is 0 Å². The van der Waals surface area contributed by atoms with E-state index in [1.54, 1.807) is 0 Å². The fourth-order valence-electron chi connectivity index (χ4n) is 1.98. The van der Waals surface area contributed by atoms with E-state index in [9.17, 15) is 5.11 Å². The third-order valence-corrected chi connectivity index (χ3v) is 3.07. The molecule has 0 radical (unpaired) electrons. The Bertz CT molecular complexity index is 321. The third-order valence-electron chi connectivity index (χ3n) is 2.83. The number of benzene rings is 1. The molecule has 1 heterocycles. The van der Waals surface area contributed by atoms with E-state index in [-0.39, 0.29) is 5.92 Å². The second-order valence-corrected chi connectivity index (χ2v) is 4.41. The maximum absolute atomic E-state index is 10.1. The zero-order valence-electron chi connectivity index (χ0n) is 8.53. The minimum Gasteiger partial charge on any atom is -0.388 e. The summed E-state index contributed by atoms with van der Waals surface area (Å²) >= 11 is 5.89. The monoisotopic (exact) mass is 226 g/mol. The second kappa shape index (κ2) is 4.97. The molecule has 3 heteroatoms. The lowest BCUT2D eigenvalue weighted by Gasteiger charge is -2.26. The minimum atomic E-state index is -0.455. The number of rotatable bonds is 2. The molecule has 2 nitrogen and oxygen atoms in total. The van der Waals surface area contributed by atoms with E-state index in [1.165, 1.54) is 0 Å². The Morgan fingerprint density at radius 1 is 1.47 bits per heavy atom. The highest BCUT2D eigenvalue weighted by Crippen LogP contribution is 2.29. The summed E-state index contributed by atoms with van der Waals surface area (Å²) in [6.07, 6.45) is 1.60. The number of aliphatic hydroxyl groups excluding tert-OH is 1. The Hall–Kier alpha value is -0.570. The lowest BCUT2D eigenvalue weighted by Crippen LogP contribution is -2.23. The van der Waals surface area contributed by atoms with Crippen molar-refractivity contribution in [2.24, 2.45) is 5.92 Å². The molecule has 15 heavy (non-hydrogen) atoms. The van der Waals surface area contributed by atoms with Crippen molar-refractivity contribution in [1.29, 1.82) is 0 Å². The molecule has 0 amide bonds. The van der Waals surface area contributed by atoms with Gasteiger partial charge in [-0.2, -0.15) is 0 Å². The van der Waals surface area contributed by atoms with Crippen molar-refractivity contribution in [1.82, 2.24) is 0 Å². The van der Waals surface area contributed by atoms with Crippen molar-refractivity contribution in [2.75, 3.05) is 13.2 Å². The highest BCUT2D eigenvalue weighted by atomic mass is 35.5. The van der Waals surface area contributed by atoms with Gasteiger partial charge in [0.25, 0.3) is 0 Å². The first kappa shape index (κ1) is 10.9. The molecule has 1 aliphatic heterocycles. The predicted molar refractivity (Wildman–Crippen MR) is 60.0 cm³/mol. The SMILES string of the molecule is OC(c1cccc(Cl)c1)C1CCCOC1. The van der Waals surface area contributed by atoms with E-state index in [1.807, 2.05) is 24.3 Å². The van der Waals surface area contributed by atoms with Gasteiger partial charge in [-0.1, -0.05) is 23.7 Å². The molecule has 2 unspecified atom stereocenters. The van der Waals surface area contributed by atoms with Gasteiger partial charge in [-0.05, 0) is 30.5 Å².